The third kappa shape index (κ3) is 56.8. The van der Waals surface area contributed by atoms with Crippen LogP contribution in [0.3, 0.4) is 0 Å². The molecule has 30 nitrogen and oxygen atoms in total. The van der Waals surface area contributed by atoms with Crippen LogP contribution in [-0.4, -0.2) is 178 Å². The zero-order chi connectivity index (χ0) is 92.6. The molecule has 0 saturated heterocycles. The topological polar surface area (TPSA) is 520 Å². The van der Waals surface area contributed by atoms with E-state index in [0.717, 1.165) is 103 Å². The van der Waals surface area contributed by atoms with Gasteiger partial charge < -0.3 is 79.4 Å². The molecule has 0 aliphatic carbocycles. The van der Waals surface area contributed by atoms with Crippen LogP contribution in [0.15, 0.2) is 48.5 Å². The van der Waals surface area contributed by atoms with Crippen LogP contribution in [0.4, 0.5) is 0 Å². The Morgan fingerprint density at radius 2 is 0.696 bits per heavy atom. The van der Waals surface area contributed by atoms with Crippen LogP contribution >= 0.6 is 0 Å². The Morgan fingerprint density at radius 3 is 1.11 bits per heavy atom. The first-order valence-corrected chi connectivity index (χ1v) is 46.6. The summed E-state index contributed by atoms with van der Waals surface area (Å²) in [7, 11) is 0. The average Bonchev–Trinajstić information content (AvgIpc) is 0.873. The molecule has 8 atom stereocenters. The van der Waals surface area contributed by atoms with Crippen molar-refractivity contribution in [3.8, 4) is 11.5 Å². The molecule has 0 fully saturated rings. The summed E-state index contributed by atoms with van der Waals surface area (Å²) in [6.07, 6.45) is 29.2. The number of benzene rings is 2. The number of aliphatic carboxylic acids is 2. The number of rotatable bonds is 81. The lowest BCUT2D eigenvalue weighted by Gasteiger charge is -2.23. The quantitative estimate of drug-likeness (QED) is 0.0274. The van der Waals surface area contributed by atoms with Crippen molar-refractivity contribution in [2.75, 3.05) is 39.4 Å². The highest BCUT2D eigenvalue weighted by Gasteiger charge is 2.31. The van der Waals surface area contributed by atoms with Crippen LogP contribution in [0.2, 0.25) is 0 Å². The van der Waals surface area contributed by atoms with Gasteiger partial charge in [-0.3, -0.25) is 57.5 Å². The van der Waals surface area contributed by atoms with Gasteiger partial charge in [0.1, 0.15) is 52.2 Å². The minimum atomic E-state index is -1.19. The average molecular weight is 1760 g/mol. The number of hydrogen-bond donors (Lipinski definition) is 13. The van der Waals surface area contributed by atoms with Gasteiger partial charge in [0, 0.05) is 101 Å². The predicted molar refractivity (Wildman–Crippen MR) is 481 cm³/mol. The number of unbranched alkanes of at least 4 members (excludes halogenated alkanes) is 24. The van der Waals surface area contributed by atoms with Gasteiger partial charge >= 0.3 is 23.9 Å². The lowest BCUT2D eigenvalue weighted by molar-refractivity contribution is -0.144. The highest BCUT2D eigenvalue weighted by atomic mass is 16.5. The van der Waals surface area contributed by atoms with Gasteiger partial charge in [0.2, 0.25) is 29.5 Å². The van der Waals surface area contributed by atoms with Crippen molar-refractivity contribution in [2.24, 2.45) is 46.1 Å². The third-order valence-corrected chi connectivity index (χ3v) is 22.9. The molecule has 17 N–H and O–H groups in total. The number of carbonyl (C=O) groups is 15. The maximum absolute atomic E-state index is 13.9. The van der Waals surface area contributed by atoms with Gasteiger partial charge in [-0.1, -0.05) is 149 Å². The van der Waals surface area contributed by atoms with Gasteiger partial charge in [-0.05, 0) is 184 Å². The van der Waals surface area contributed by atoms with Gasteiger partial charge in [-0.2, -0.15) is 0 Å². The predicted octanol–water partition coefficient (Wildman–Crippen LogP) is 13.4. The van der Waals surface area contributed by atoms with Gasteiger partial charge in [0.05, 0.1) is 54.4 Å². The Kier molecular flexibility index (Phi) is 61.3. The monoisotopic (exact) mass is 1760 g/mol. The van der Waals surface area contributed by atoms with Crippen LogP contribution in [0, 0.1) is 23.2 Å². The third-order valence-electron chi connectivity index (χ3n) is 22.9. The van der Waals surface area contributed by atoms with E-state index in [1.807, 2.05) is 0 Å². The Labute approximate surface area is 742 Å². The van der Waals surface area contributed by atoms with Crippen LogP contribution in [0.1, 0.15) is 363 Å². The van der Waals surface area contributed by atoms with Crippen LogP contribution in [0.5, 0.6) is 11.5 Å². The molecule has 0 aromatic heterocycles. The van der Waals surface area contributed by atoms with E-state index in [0.29, 0.717) is 199 Å². The first-order valence-electron chi connectivity index (χ1n) is 46.6. The summed E-state index contributed by atoms with van der Waals surface area (Å²) in [5.41, 5.74) is 24.5. The smallest absolute Gasteiger partial charge is 0.335 e. The summed E-state index contributed by atoms with van der Waals surface area (Å²) in [5, 5.41) is 51.4. The molecular formula is C95H155N9O21. The molecule has 5 amide bonds. The highest BCUT2D eigenvalue weighted by molar-refractivity contribution is 5.93. The van der Waals surface area contributed by atoms with Crippen LogP contribution in [-0.2, 0) is 62.3 Å². The van der Waals surface area contributed by atoms with Crippen molar-refractivity contribution in [1.29, 1.82) is 0 Å². The van der Waals surface area contributed by atoms with Crippen molar-refractivity contribution in [2.45, 2.75) is 373 Å². The van der Waals surface area contributed by atoms with Crippen LogP contribution < -0.4 is 59.0 Å². The molecular weight excluding hydrogens is 1600 g/mol. The van der Waals surface area contributed by atoms with Crippen molar-refractivity contribution in [3.63, 3.8) is 0 Å². The van der Waals surface area contributed by atoms with E-state index < -0.39 is 77.3 Å². The first kappa shape index (κ1) is 112. The molecule has 2 aromatic carbocycles. The number of nitrogens with two attached hydrogens (primary N) is 4. The Balaban J connectivity index is 1.52. The molecule has 0 aliphatic rings. The fraction of sp³-hybridized carbons (Fsp3) is 0.716. The zero-order valence-electron chi connectivity index (χ0n) is 75.7. The summed E-state index contributed by atoms with van der Waals surface area (Å²) in [6.45, 7) is 9.30. The van der Waals surface area contributed by atoms with Crippen molar-refractivity contribution < 1.29 is 102 Å². The number of ketones is 6. The Bertz CT molecular complexity index is 3520. The van der Waals surface area contributed by atoms with Gasteiger partial charge in [0.25, 0.3) is 0 Å². The minimum absolute atomic E-state index is 0.000452. The molecule has 2 rings (SSSR count). The molecule has 0 aliphatic heterocycles. The second kappa shape index (κ2) is 68.3. The summed E-state index contributed by atoms with van der Waals surface area (Å²) in [5.74, 6) is -7.32. The fourth-order valence-corrected chi connectivity index (χ4v) is 14.6. The van der Waals surface area contributed by atoms with Gasteiger partial charge in [0.15, 0.2) is 0 Å². The van der Waals surface area contributed by atoms with Gasteiger partial charge in [-0.15, -0.1) is 0 Å². The van der Waals surface area contributed by atoms with E-state index in [2.05, 4.69) is 26.6 Å². The number of hydrogen-bond acceptors (Lipinski definition) is 21. The summed E-state index contributed by atoms with van der Waals surface area (Å²) >= 11 is 0. The normalized spacial score (nSPS) is 13.3. The highest BCUT2D eigenvalue weighted by Crippen LogP contribution is 2.28. The molecule has 0 unspecified atom stereocenters. The standard InChI is InChI=1S/C95H155N9O21/c1-68(105)71(37-27-31-60-101-90(115)81(99)44-30-34-62-103-89(114)79(97)42-23-19-22-39-74(106)52-57-82(94(122)123)104-87(112)46-26-16-12-8-6-10-14-18-36-64-125-77-55-49-70(50-56-77)92(118)119)66-84(109)72(67-85(110)95(2,3)4)38-28-32-61-102-88(113)80(98)43-24-20-25-45-83(108)78(96)41-29-33-59-100-86(111)58-51-73(93(120)121)65-75(107)40-21-15-11-7-5-9-13-17-35-63-124-76-53-47-69(48-54-76)91(116)117/h47-50,53-56,71-73,78-82H,5-46,51-52,57-67,96-99H2,1-4H3,(H,100,111)(H,101,115)(H,102,113)(H,103,114)(H,104,112)(H,116,117)(H,118,119)(H,120,121)(H,122,123)/t71-,72-,73-,78+,79+,80+,81+,82+/m1/s1. The van der Waals surface area contributed by atoms with E-state index in [9.17, 15) is 82.1 Å². The van der Waals surface area contributed by atoms with E-state index in [1.54, 1.807) is 45.0 Å². The van der Waals surface area contributed by atoms with E-state index >= 15 is 0 Å². The molecule has 0 heterocycles. The number of aromatic carboxylic acids is 2. The molecule has 0 bridgehead atoms. The van der Waals surface area contributed by atoms with Crippen LogP contribution in [0.25, 0.3) is 0 Å². The SMILES string of the molecule is CC(=O)[C@H](CCCCNC(=O)[C@@H](N)CCCCNC(=O)[C@@H](N)CCCCCC(=O)CC[C@H](NC(=O)CCCCCCCCCCCOc1ccc(C(=O)O)cc1)C(=O)O)CC(=O)[C@H](CCCCNC(=O)[C@@H](N)CCCCCC(=O)[C@@H](N)CCCCNC(=O)CC[C@H](CC(=O)CCCCCCCCCCCOc1ccc(C(=O)O)cc1)C(=O)O)CC(=O)C(C)(C)C. The molecule has 125 heavy (non-hydrogen) atoms. The Morgan fingerprint density at radius 1 is 0.328 bits per heavy atom. The maximum Gasteiger partial charge on any atom is 0.335 e. The minimum Gasteiger partial charge on any atom is -0.494 e. The number of nitrogens with one attached hydrogen (secondary N) is 5. The Hall–Kier alpha value is -8.87. The molecule has 706 valence electrons. The van der Waals surface area contributed by atoms with E-state index in [4.69, 9.17) is 42.6 Å². The van der Waals surface area contributed by atoms with Gasteiger partial charge in [-0.25, -0.2) is 14.4 Å². The lowest BCUT2D eigenvalue weighted by atomic mass is 9.79. The fourth-order valence-electron chi connectivity index (χ4n) is 14.6. The second-order valence-corrected chi connectivity index (χ2v) is 34.9. The number of carboxylic acids is 4. The molecule has 0 spiro atoms. The largest absolute Gasteiger partial charge is 0.494 e. The molecule has 30 heteroatoms. The van der Waals surface area contributed by atoms with E-state index in [1.165, 1.54) is 31.2 Å². The zero-order valence-corrected chi connectivity index (χ0v) is 75.7. The maximum atomic E-state index is 13.9. The number of carbonyl (C=O) groups excluding carboxylic acids is 11. The number of amides is 5. The second-order valence-electron chi connectivity index (χ2n) is 34.9. The number of ether oxygens (including phenoxy) is 2. The molecule has 0 radical (unpaired) electrons. The van der Waals surface area contributed by atoms with Crippen molar-refractivity contribution in [3.05, 3.63) is 59.7 Å². The summed E-state index contributed by atoms with van der Waals surface area (Å²) in [4.78, 5) is 188. The molecule has 0 saturated carbocycles. The lowest BCUT2D eigenvalue weighted by Crippen LogP contribution is -2.42. The van der Waals surface area contributed by atoms with Crippen molar-refractivity contribution >= 4 is 88.1 Å². The number of Topliss-reactive ketones (excluding diaryl/α,β-unsaturated/α-hetero) is 6. The first-order chi connectivity index (χ1) is 59.7. The van der Waals surface area contributed by atoms with E-state index in [-0.39, 0.29) is 140 Å². The van der Waals surface area contributed by atoms with Crippen molar-refractivity contribution in [1.82, 2.24) is 26.6 Å². The summed E-state index contributed by atoms with van der Waals surface area (Å²) < 4.78 is 11.4. The summed E-state index contributed by atoms with van der Waals surface area (Å²) in [6, 6.07) is 8.62. The molecule has 2 aromatic rings. The number of carboxylic acid groups (broad SMARTS) is 4.